The molecule has 3 rings (SSSR count). The lowest BCUT2D eigenvalue weighted by Gasteiger charge is -2.39. The monoisotopic (exact) mass is 421 g/mol. The number of halogens is 2. The normalized spacial score (nSPS) is 19.9. The average molecular weight is 422 g/mol. The number of ether oxygens (including phenoxy) is 1. The maximum absolute atomic E-state index is 12.8. The lowest BCUT2D eigenvalue weighted by Crippen LogP contribution is -2.41. The average Bonchev–Trinajstić information content (AvgIpc) is 2.72. The summed E-state index contributed by atoms with van der Waals surface area (Å²) in [6.45, 7) is 1.45. The van der Waals surface area contributed by atoms with Gasteiger partial charge in [-0.25, -0.2) is 4.98 Å². The molecule has 0 radical (unpaired) electrons. The number of hydrogen-bond donors (Lipinski definition) is 1. The third-order valence-corrected chi connectivity index (χ3v) is 5.93. The van der Waals surface area contributed by atoms with Crippen molar-refractivity contribution < 1.29 is 18.3 Å². The standard InChI is InChI=1S/C21H25F2N3O2S/c1-26-12-4-5-15(18(26)14-7-9-16(28-2)10-8-14)13-25-19(27)17-6-3-11-24-20(17)29-21(22)23/h3,6-11,15,18,21H,4-5,12-13H2,1-2H3,(H,25,27). The molecule has 1 amide bonds. The molecular formula is C21H25F2N3O2S. The van der Waals surface area contributed by atoms with Gasteiger partial charge in [-0.3, -0.25) is 9.69 Å². The van der Waals surface area contributed by atoms with Gasteiger partial charge in [0.15, 0.2) is 0 Å². The number of carbonyl (C=O) groups excluding carboxylic acids is 1. The van der Waals surface area contributed by atoms with Gasteiger partial charge in [0.2, 0.25) is 0 Å². The van der Waals surface area contributed by atoms with E-state index < -0.39 is 5.76 Å². The minimum absolute atomic E-state index is 0.0486. The first-order valence-corrected chi connectivity index (χ1v) is 10.4. The van der Waals surface area contributed by atoms with Crippen LogP contribution in [0.4, 0.5) is 8.78 Å². The Hall–Kier alpha value is -2.19. The second-order valence-corrected chi connectivity index (χ2v) is 8.02. The van der Waals surface area contributed by atoms with E-state index in [1.54, 1.807) is 13.2 Å². The number of aromatic nitrogens is 1. The van der Waals surface area contributed by atoms with Crippen LogP contribution in [0.2, 0.25) is 0 Å². The number of hydrogen-bond acceptors (Lipinski definition) is 5. The third-order valence-electron chi connectivity index (χ3n) is 5.21. The molecule has 29 heavy (non-hydrogen) atoms. The lowest BCUT2D eigenvalue weighted by molar-refractivity contribution is 0.0888. The topological polar surface area (TPSA) is 54.5 Å². The number of likely N-dealkylation sites (tertiary alicyclic amines) is 1. The zero-order valence-electron chi connectivity index (χ0n) is 16.5. The van der Waals surface area contributed by atoms with E-state index in [2.05, 4.69) is 34.4 Å². The van der Waals surface area contributed by atoms with E-state index in [1.165, 1.54) is 17.8 Å². The van der Waals surface area contributed by atoms with Crippen molar-refractivity contribution in [3.05, 3.63) is 53.7 Å². The maximum Gasteiger partial charge on any atom is 0.290 e. The molecule has 1 aromatic carbocycles. The number of benzene rings is 1. The Labute approximate surface area is 173 Å². The molecule has 1 aliphatic heterocycles. The van der Waals surface area contributed by atoms with Gasteiger partial charge >= 0.3 is 0 Å². The van der Waals surface area contributed by atoms with E-state index in [1.807, 2.05) is 12.1 Å². The first kappa shape index (κ1) is 21.5. The van der Waals surface area contributed by atoms with Crippen LogP contribution in [0.5, 0.6) is 5.75 Å². The number of thioether (sulfide) groups is 1. The van der Waals surface area contributed by atoms with Crippen molar-refractivity contribution in [2.24, 2.45) is 5.92 Å². The molecule has 1 fully saturated rings. The fraction of sp³-hybridized carbons (Fsp3) is 0.429. The van der Waals surface area contributed by atoms with Crippen molar-refractivity contribution in [3.8, 4) is 5.75 Å². The number of rotatable bonds is 7. The smallest absolute Gasteiger partial charge is 0.290 e. The molecule has 8 heteroatoms. The lowest BCUT2D eigenvalue weighted by atomic mass is 9.85. The number of pyridine rings is 1. The van der Waals surface area contributed by atoms with Crippen LogP contribution in [0.3, 0.4) is 0 Å². The number of carbonyl (C=O) groups is 1. The predicted octanol–water partition coefficient (Wildman–Crippen LogP) is 4.22. The third kappa shape index (κ3) is 5.45. The van der Waals surface area contributed by atoms with Gasteiger partial charge in [0.05, 0.1) is 12.7 Å². The van der Waals surface area contributed by atoms with Crippen molar-refractivity contribution >= 4 is 17.7 Å². The molecule has 156 valence electrons. The van der Waals surface area contributed by atoms with Crippen LogP contribution in [0.25, 0.3) is 0 Å². The zero-order chi connectivity index (χ0) is 20.8. The highest BCUT2D eigenvalue weighted by Gasteiger charge is 2.31. The van der Waals surface area contributed by atoms with E-state index in [4.69, 9.17) is 4.74 Å². The molecule has 1 aromatic heterocycles. The first-order valence-electron chi connectivity index (χ1n) is 9.51. The molecule has 1 saturated heterocycles. The number of nitrogens with one attached hydrogen (secondary N) is 1. The van der Waals surface area contributed by atoms with E-state index in [0.717, 1.165) is 25.1 Å². The largest absolute Gasteiger partial charge is 0.497 e. The fourth-order valence-electron chi connectivity index (χ4n) is 3.86. The van der Waals surface area contributed by atoms with Crippen LogP contribution < -0.4 is 10.1 Å². The van der Waals surface area contributed by atoms with Crippen LogP contribution in [-0.4, -0.2) is 48.8 Å². The van der Waals surface area contributed by atoms with Crippen molar-refractivity contribution in [2.75, 3.05) is 27.2 Å². The highest BCUT2D eigenvalue weighted by Crippen LogP contribution is 2.35. The van der Waals surface area contributed by atoms with Gasteiger partial charge in [0, 0.05) is 18.8 Å². The molecule has 5 nitrogen and oxygen atoms in total. The summed E-state index contributed by atoms with van der Waals surface area (Å²) in [6.07, 6.45) is 3.44. The van der Waals surface area contributed by atoms with Gasteiger partial charge in [-0.2, -0.15) is 8.78 Å². The number of piperidine rings is 1. The Morgan fingerprint density at radius 2 is 2.10 bits per heavy atom. The summed E-state index contributed by atoms with van der Waals surface area (Å²) >= 11 is 0.291. The highest BCUT2D eigenvalue weighted by atomic mass is 32.2. The summed E-state index contributed by atoms with van der Waals surface area (Å²) in [4.78, 5) is 18.9. The van der Waals surface area contributed by atoms with E-state index >= 15 is 0 Å². The van der Waals surface area contributed by atoms with E-state index in [9.17, 15) is 13.6 Å². The van der Waals surface area contributed by atoms with Crippen LogP contribution >= 0.6 is 11.8 Å². The van der Waals surface area contributed by atoms with Crippen LogP contribution in [0.15, 0.2) is 47.6 Å². The van der Waals surface area contributed by atoms with E-state index in [-0.39, 0.29) is 28.5 Å². The van der Waals surface area contributed by atoms with Gasteiger partial charge in [-0.1, -0.05) is 12.1 Å². The summed E-state index contributed by atoms with van der Waals surface area (Å²) < 4.78 is 30.8. The van der Waals surface area contributed by atoms with Crippen LogP contribution in [0.1, 0.15) is 34.8 Å². The maximum atomic E-state index is 12.8. The predicted molar refractivity (Wildman–Crippen MR) is 110 cm³/mol. The first-order chi connectivity index (χ1) is 14.0. The molecule has 1 aliphatic rings. The summed E-state index contributed by atoms with van der Waals surface area (Å²) in [7, 11) is 3.72. The van der Waals surface area contributed by atoms with Gasteiger partial charge in [-0.15, -0.1) is 0 Å². The second kappa shape index (κ2) is 10.0. The highest BCUT2D eigenvalue weighted by molar-refractivity contribution is 7.99. The van der Waals surface area contributed by atoms with Crippen LogP contribution in [0, 0.1) is 5.92 Å². The summed E-state index contributed by atoms with van der Waals surface area (Å²) in [6, 6.07) is 11.3. The molecule has 0 saturated carbocycles. The Bertz CT molecular complexity index is 820. The van der Waals surface area contributed by atoms with Gasteiger partial charge < -0.3 is 10.1 Å². The molecule has 2 heterocycles. The molecule has 0 bridgehead atoms. The van der Waals surface area contributed by atoms with Gasteiger partial charge in [0.1, 0.15) is 10.8 Å². The minimum Gasteiger partial charge on any atom is -0.497 e. The number of nitrogens with zero attached hydrogens (tertiary/aromatic N) is 2. The quantitative estimate of drug-likeness (QED) is 0.679. The molecular weight excluding hydrogens is 396 g/mol. The Balaban J connectivity index is 1.71. The van der Waals surface area contributed by atoms with Gasteiger partial charge in [0.25, 0.3) is 11.7 Å². The van der Waals surface area contributed by atoms with E-state index in [0.29, 0.717) is 18.3 Å². The second-order valence-electron chi connectivity index (χ2n) is 7.05. The van der Waals surface area contributed by atoms with Gasteiger partial charge in [-0.05, 0) is 73.9 Å². The number of amides is 1. The molecule has 0 spiro atoms. The van der Waals surface area contributed by atoms with Crippen molar-refractivity contribution in [3.63, 3.8) is 0 Å². The van der Waals surface area contributed by atoms with Crippen molar-refractivity contribution in [1.29, 1.82) is 0 Å². The number of alkyl halides is 2. The Morgan fingerprint density at radius 1 is 1.34 bits per heavy atom. The van der Waals surface area contributed by atoms with Crippen molar-refractivity contribution in [2.45, 2.75) is 29.7 Å². The summed E-state index contributed by atoms with van der Waals surface area (Å²) in [5.74, 6) is -1.97. The molecule has 2 aromatic rings. The summed E-state index contributed by atoms with van der Waals surface area (Å²) in [5.41, 5.74) is 1.35. The zero-order valence-corrected chi connectivity index (χ0v) is 17.3. The number of methoxy groups -OCH3 is 1. The summed E-state index contributed by atoms with van der Waals surface area (Å²) in [5, 5.41) is 2.99. The SMILES string of the molecule is COc1ccc(C2C(CNC(=O)c3cccnc3SC(F)F)CCCN2C)cc1. The minimum atomic E-state index is -2.62. The van der Waals surface area contributed by atoms with Crippen LogP contribution in [-0.2, 0) is 0 Å². The fourth-order valence-corrected chi connectivity index (χ4v) is 4.44. The van der Waals surface area contributed by atoms with Crippen molar-refractivity contribution in [1.82, 2.24) is 15.2 Å². The molecule has 1 N–H and O–H groups in total. The molecule has 2 unspecified atom stereocenters. The molecule has 0 aliphatic carbocycles. The Kier molecular flexibility index (Phi) is 7.44. The molecule has 2 atom stereocenters. The Morgan fingerprint density at radius 3 is 2.79 bits per heavy atom.